The molecule has 0 spiro atoms. The number of rotatable bonds is 3. The van der Waals surface area contributed by atoms with Crippen molar-refractivity contribution in [3.8, 4) is 39.4 Å². The second kappa shape index (κ2) is 9.17. The Morgan fingerprint density at radius 1 is 0.425 bits per heavy atom. The molecule has 186 valence electrons. The lowest BCUT2D eigenvalue weighted by Crippen LogP contribution is -1.94. The van der Waals surface area contributed by atoms with E-state index in [9.17, 15) is 5.26 Å². The first kappa shape index (κ1) is 23.2. The monoisotopic (exact) mass is 543 g/mol. The van der Waals surface area contributed by atoms with Crippen LogP contribution in [0.3, 0.4) is 0 Å². The van der Waals surface area contributed by atoms with E-state index >= 15 is 0 Å². The van der Waals surface area contributed by atoms with E-state index in [1.54, 1.807) is 0 Å². The third-order valence-corrected chi connectivity index (χ3v) is 10.0. The molecule has 0 aliphatic carbocycles. The lowest BCUT2D eigenvalue weighted by atomic mass is 9.84. The van der Waals surface area contributed by atoms with Crippen LogP contribution in [-0.2, 0) is 0 Å². The van der Waals surface area contributed by atoms with Gasteiger partial charge in [0.15, 0.2) is 0 Å². The zero-order valence-corrected chi connectivity index (χ0v) is 23.0. The molecule has 3 heteroatoms. The van der Waals surface area contributed by atoms with Gasteiger partial charge in [-0.25, -0.2) is 0 Å². The Morgan fingerprint density at radius 3 is 1.62 bits per heavy atom. The number of hydrogen-bond acceptors (Lipinski definition) is 3. The molecule has 0 saturated carbocycles. The number of nitrogens with zero attached hydrogens (tertiary/aromatic N) is 1. The van der Waals surface area contributed by atoms with Crippen molar-refractivity contribution in [2.45, 2.75) is 0 Å². The highest BCUT2D eigenvalue weighted by Gasteiger charge is 2.20. The molecule has 0 atom stereocenters. The van der Waals surface area contributed by atoms with Gasteiger partial charge in [0, 0.05) is 45.9 Å². The third-order valence-electron chi connectivity index (χ3n) is 7.74. The second-order valence-corrected chi connectivity index (χ2v) is 12.2. The molecule has 0 radical (unpaired) electrons. The Bertz CT molecular complexity index is 2280. The van der Waals surface area contributed by atoms with Crippen molar-refractivity contribution in [2.75, 3.05) is 0 Å². The van der Waals surface area contributed by atoms with Gasteiger partial charge in [-0.3, -0.25) is 0 Å². The summed E-state index contributed by atoms with van der Waals surface area (Å²) in [5.74, 6) is 0. The summed E-state index contributed by atoms with van der Waals surface area (Å²) in [6.45, 7) is 0. The van der Waals surface area contributed by atoms with Crippen LogP contribution in [0.1, 0.15) is 5.56 Å². The predicted molar refractivity (Wildman–Crippen MR) is 173 cm³/mol. The predicted octanol–water partition coefficient (Wildman–Crippen LogP) is 11.3. The fourth-order valence-electron chi connectivity index (χ4n) is 5.92. The highest BCUT2D eigenvalue weighted by atomic mass is 32.1. The summed E-state index contributed by atoms with van der Waals surface area (Å²) in [7, 11) is 0. The SMILES string of the molecule is N#Cc1ccc(-c2ccc3sc4ccccc4c3c2)c(-c2ccc3sc4ccccc4c3c2)c1-c1ccccc1. The molecule has 2 heterocycles. The Hall–Kier alpha value is -4.75. The number of nitriles is 1. The van der Waals surface area contributed by atoms with Crippen LogP contribution in [0.15, 0.2) is 127 Å². The van der Waals surface area contributed by atoms with Gasteiger partial charge in [-0.2, -0.15) is 5.26 Å². The molecule has 8 aromatic rings. The molecule has 0 unspecified atom stereocenters. The molecule has 40 heavy (non-hydrogen) atoms. The topological polar surface area (TPSA) is 23.8 Å². The molecule has 1 nitrogen and oxygen atoms in total. The minimum atomic E-state index is 0.683. The number of fused-ring (bicyclic) bond motifs is 6. The van der Waals surface area contributed by atoms with E-state index in [2.05, 4.69) is 109 Å². The first-order chi connectivity index (χ1) is 19.8. The van der Waals surface area contributed by atoms with Crippen LogP contribution in [0.2, 0.25) is 0 Å². The molecule has 8 rings (SSSR count). The van der Waals surface area contributed by atoms with Gasteiger partial charge in [0.25, 0.3) is 0 Å². The molecule has 0 fully saturated rings. The number of hydrogen-bond donors (Lipinski definition) is 0. The Balaban J connectivity index is 1.47. The van der Waals surface area contributed by atoms with Crippen LogP contribution in [0.5, 0.6) is 0 Å². The van der Waals surface area contributed by atoms with Gasteiger partial charge in [-0.15, -0.1) is 22.7 Å². The summed E-state index contributed by atoms with van der Waals surface area (Å²) in [6, 6.07) is 47.8. The van der Waals surface area contributed by atoms with Gasteiger partial charge in [0.1, 0.15) is 0 Å². The zero-order chi connectivity index (χ0) is 26.6. The zero-order valence-electron chi connectivity index (χ0n) is 21.4. The van der Waals surface area contributed by atoms with Gasteiger partial charge in [-0.1, -0.05) is 84.9 Å². The molecule has 0 saturated heterocycles. The molecule has 0 aliphatic heterocycles. The van der Waals surface area contributed by atoms with E-state index in [-0.39, 0.29) is 0 Å². The Kier molecular flexibility index (Phi) is 5.31. The largest absolute Gasteiger partial charge is 0.192 e. The van der Waals surface area contributed by atoms with Crippen molar-refractivity contribution in [1.29, 1.82) is 5.26 Å². The van der Waals surface area contributed by atoms with Gasteiger partial charge < -0.3 is 0 Å². The van der Waals surface area contributed by atoms with Crippen LogP contribution in [0, 0.1) is 11.3 Å². The lowest BCUT2D eigenvalue weighted by Gasteiger charge is -2.18. The number of thiophene rings is 2. The maximum atomic E-state index is 10.3. The van der Waals surface area contributed by atoms with E-state index in [1.807, 2.05) is 46.9 Å². The van der Waals surface area contributed by atoms with Gasteiger partial charge >= 0.3 is 0 Å². The fraction of sp³-hybridized carbons (Fsp3) is 0. The van der Waals surface area contributed by atoms with Gasteiger partial charge in [-0.05, 0) is 70.3 Å². The molecule has 0 amide bonds. The van der Waals surface area contributed by atoms with Crippen LogP contribution in [0.25, 0.3) is 73.7 Å². The highest BCUT2D eigenvalue weighted by molar-refractivity contribution is 7.26. The molecule has 0 bridgehead atoms. The molecule has 2 aromatic heterocycles. The van der Waals surface area contributed by atoms with E-state index in [0.717, 1.165) is 33.4 Å². The Morgan fingerprint density at radius 2 is 0.975 bits per heavy atom. The molecule has 0 aliphatic rings. The normalized spacial score (nSPS) is 11.5. The summed E-state index contributed by atoms with van der Waals surface area (Å²) < 4.78 is 5.15. The fourth-order valence-corrected chi connectivity index (χ4v) is 8.09. The highest BCUT2D eigenvalue weighted by Crippen LogP contribution is 2.46. The average molecular weight is 544 g/mol. The van der Waals surface area contributed by atoms with Crippen molar-refractivity contribution in [1.82, 2.24) is 0 Å². The first-order valence-electron chi connectivity index (χ1n) is 13.2. The van der Waals surface area contributed by atoms with Gasteiger partial charge in [0.05, 0.1) is 11.6 Å². The van der Waals surface area contributed by atoms with Crippen molar-refractivity contribution < 1.29 is 0 Å². The van der Waals surface area contributed by atoms with Crippen molar-refractivity contribution in [2.24, 2.45) is 0 Å². The molecule has 0 N–H and O–H groups in total. The summed E-state index contributed by atoms with van der Waals surface area (Å²) in [6.07, 6.45) is 0. The standard InChI is InChI=1S/C37H21NS2/c38-22-26-14-17-27(24-15-18-34-30(20-24)28-10-4-6-12-32(28)39-34)37(36(26)23-8-2-1-3-9-23)25-16-19-35-31(21-25)29-11-5-7-13-33(29)40-35/h1-21H. The summed E-state index contributed by atoms with van der Waals surface area (Å²) in [5, 5.41) is 15.4. The maximum absolute atomic E-state index is 10.3. The van der Waals surface area contributed by atoms with Crippen LogP contribution in [0.4, 0.5) is 0 Å². The lowest BCUT2D eigenvalue weighted by molar-refractivity contribution is 1.47. The minimum absolute atomic E-state index is 0.683. The van der Waals surface area contributed by atoms with Crippen LogP contribution in [-0.4, -0.2) is 0 Å². The Labute approximate surface area is 239 Å². The maximum Gasteiger partial charge on any atom is 0.0998 e. The minimum Gasteiger partial charge on any atom is -0.192 e. The van der Waals surface area contributed by atoms with Crippen molar-refractivity contribution in [3.63, 3.8) is 0 Å². The summed E-state index contributed by atoms with van der Waals surface area (Å²) >= 11 is 3.66. The first-order valence-corrected chi connectivity index (χ1v) is 14.9. The second-order valence-electron chi connectivity index (χ2n) is 10.0. The quantitative estimate of drug-likeness (QED) is 0.217. The van der Waals surface area contributed by atoms with Crippen LogP contribution < -0.4 is 0 Å². The van der Waals surface area contributed by atoms with Crippen LogP contribution >= 0.6 is 22.7 Å². The van der Waals surface area contributed by atoms with Crippen molar-refractivity contribution in [3.05, 3.63) is 133 Å². The van der Waals surface area contributed by atoms with E-state index in [0.29, 0.717) is 5.56 Å². The summed E-state index contributed by atoms with van der Waals surface area (Å²) in [5.41, 5.74) is 7.22. The van der Waals surface area contributed by atoms with Gasteiger partial charge in [0.2, 0.25) is 0 Å². The molecule has 6 aromatic carbocycles. The number of benzene rings is 6. The smallest absolute Gasteiger partial charge is 0.0998 e. The van der Waals surface area contributed by atoms with Crippen molar-refractivity contribution >= 4 is 63.0 Å². The average Bonchev–Trinajstić information content (AvgIpc) is 3.58. The molecular weight excluding hydrogens is 523 g/mol. The third kappa shape index (κ3) is 3.58. The van der Waals surface area contributed by atoms with E-state index in [1.165, 1.54) is 40.3 Å². The van der Waals surface area contributed by atoms with E-state index in [4.69, 9.17) is 0 Å². The van der Waals surface area contributed by atoms with E-state index < -0.39 is 0 Å². The summed E-state index contributed by atoms with van der Waals surface area (Å²) in [4.78, 5) is 0. The molecular formula is C37H21NS2.